The number of anilines is 1. The van der Waals surface area contributed by atoms with Crippen LogP contribution in [0.4, 0.5) is 10.1 Å². The molecule has 0 bridgehead atoms. The Morgan fingerprint density at radius 2 is 1.88 bits per heavy atom. The molecule has 2 heterocycles. The summed E-state index contributed by atoms with van der Waals surface area (Å²) >= 11 is 0. The second-order valence-corrected chi connectivity index (χ2v) is 5.95. The van der Waals surface area contributed by atoms with Crippen molar-refractivity contribution in [2.75, 3.05) is 18.0 Å². The fraction of sp³-hybridized carbons (Fsp3) is 0.294. The highest BCUT2D eigenvalue weighted by Gasteiger charge is 2.23. The zero-order valence-corrected chi connectivity index (χ0v) is 13.0. The zero-order valence-electron chi connectivity index (χ0n) is 13.0. The first-order chi connectivity index (χ1) is 11.8. The molecule has 0 atom stereocenters. The van der Waals surface area contributed by atoms with Crippen LogP contribution in [-0.2, 0) is 0 Å². The predicted octanol–water partition coefficient (Wildman–Crippen LogP) is 3.29. The van der Waals surface area contributed by atoms with Crippen molar-refractivity contribution in [2.24, 2.45) is 5.18 Å². The van der Waals surface area contributed by atoms with Crippen molar-refractivity contribution in [2.45, 2.75) is 18.9 Å². The van der Waals surface area contributed by atoms with Gasteiger partial charge in [0.1, 0.15) is 11.3 Å². The summed E-state index contributed by atoms with van der Waals surface area (Å²) in [6, 6.07) is 12.2. The van der Waals surface area contributed by atoms with Crippen LogP contribution in [0.1, 0.15) is 12.8 Å². The van der Waals surface area contributed by atoms with Gasteiger partial charge < -0.3 is 4.90 Å². The number of hydrogen-bond acceptors (Lipinski definition) is 5. The van der Waals surface area contributed by atoms with Crippen LogP contribution in [0.15, 0.2) is 47.6 Å². The summed E-state index contributed by atoms with van der Waals surface area (Å²) in [5, 5.41) is 11.5. The maximum atomic E-state index is 13.9. The van der Waals surface area contributed by atoms with Crippen molar-refractivity contribution in [3.05, 3.63) is 53.2 Å². The lowest BCUT2D eigenvalue weighted by molar-refractivity contribution is 0.499. The van der Waals surface area contributed by atoms with Gasteiger partial charge in [0.2, 0.25) is 0 Å². The van der Waals surface area contributed by atoms with Gasteiger partial charge in [-0.05, 0) is 43.2 Å². The average Bonchev–Trinajstić information content (AvgIpc) is 3.06. The number of piperidine rings is 1. The molecular formula is C17H16FN5O. The van der Waals surface area contributed by atoms with Crippen molar-refractivity contribution in [1.82, 2.24) is 15.0 Å². The summed E-state index contributed by atoms with van der Waals surface area (Å²) in [7, 11) is 0. The Morgan fingerprint density at radius 1 is 1.08 bits per heavy atom. The second kappa shape index (κ2) is 5.99. The van der Waals surface area contributed by atoms with Crippen LogP contribution in [0.5, 0.6) is 0 Å². The van der Waals surface area contributed by atoms with Crippen molar-refractivity contribution < 1.29 is 4.39 Å². The van der Waals surface area contributed by atoms with Gasteiger partial charge >= 0.3 is 0 Å². The quantitative estimate of drug-likeness (QED) is 0.693. The largest absolute Gasteiger partial charge is 0.370 e. The molecule has 0 unspecified atom stereocenters. The number of fused-ring (bicyclic) bond motifs is 1. The number of nitrogens with zero attached hydrogens (tertiary/aromatic N) is 5. The molecule has 7 heteroatoms. The first-order valence-electron chi connectivity index (χ1n) is 7.94. The van der Waals surface area contributed by atoms with E-state index >= 15 is 0 Å². The molecule has 4 rings (SSSR count). The minimum absolute atomic E-state index is 0.148. The lowest BCUT2D eigenvalue weighted by Crippen LogP contribution is -2.35. The lowest BCUT2D eigenvalue weighted by Gasteiger charge is -2.32. The molecule has 0 N–H and O–H groups in total. The van der Waals surface area contributed by atoms with Gasteiger partial charge in [0.05, 0.1) is 22.9 Å². The molecule has 122 valence electrons. The predicted molar refractivity (Wildman–Crippen MR) is 89.9 cm³/mol. The number of rotatable bonds is 3. The first-order valence-corrected chi connectivity index (χ1v) is 7.94. The number of para-hydroxylation sites is 1. The van der Waals surface area contributed by atoms with E-state index in [9.17, 15) is 9.30 Å². The van der Waals surface area contributed by atoms with E-state index in [2.05, 4.69) is 20.4 Å². The molecule has 0 spiro atoms. The van der Waals surface area contributed by atoms with Crippen LogP contribution in [0.2, 0.25) is 0 Å². The van der Waals surface area contributed by atoms with E-state index in [0.29, 0.717) is 25.9 Å². The molecule has 6 nitrogen and oxygen atoms in total. The average molecular weight is 325 g/mol. The Kier molecular flexibility index (Phi) is 3.68. The lowest BCUT2D eigenvalue weighted by atomic mass is 10.0. The summed E-state index contributed by atoms with van der Waals surface area (Å²) < 4.78 is 15.6. The molecule has 1 aromatic heterocycles. The number of benzene rings is 2. The molecule has 3 aromatic rings. The Labute approximate surface area is 137 Å². The molecule has 0 radical (unpaired) electrons. The Balaban J connectivity index is 1.78. The van der Waals surface area contributed by atoms with Gasteiger partial charge in [0.15, 0.2) is 0 Å². The molecule has 24 heavy (non-hydrogen) atoms. The minimum Gasteiger partial charge on any atom is -0.370 e. The maximum Gasteiger partial charge on any atom is 0.125 e. The van der Waals surface area contributed by atoms with E-state index in [1.165, 1.54) is 12.1 Å². The minimum atomic E-state index is -0.297. The standard InChI is InChI=1S/C17H16FN5O/c18-12-5-6-16(23-15-4-2-1-3-14(15)19-21-23)17(11-12)22-9-7-13(20-24)8-10-22/h1-6,11,13H,7-10H2. The van der Waals surface area contributed by atoms with Crippen LogP contribution in [-0.4, -0.2) is 34.1 Å². The molecule has 1 saturated heterocycles. The van der Waals surface area contributed by atoms with Gasteiger partial charge in [0.25, 0.3) is 0 Å². The summed E-state index contributed by atoms with van der Waals surface area (Å²) in [5.74, 6) is -0.297. The summed E-state index contributed by atoms with van der Waals surface area (Å²) in [6.45, 7) is 1.33. The van der Waals surface area contributed by atoms with E-state index < -0.39 is 0 Å². The van der Waals surface area contributed by atoms with Crippen LogP contribution in [0, 0.1) is 10.7 Å². The molecule has 2 aromatic carbocycles. The van der Waals surface area contributed by atoms with E-state index in [0.717, 1.165) is 22.4 Å². The fourth-order valence-electron chi connectivity index (χ4n) is 3.19. The molecule has 0 aliphatic carbocycles. The van der Waals surface area contributed by atoms with E-state index in [-0.39, 0.29) is 11.9 Å². The van der Waals surface area contributed by atoms with E-state index in [1.807, 2.05) is 24.3 Å². The van der Waals surface area contributed by atoms with Gasteiger partial charge in [-0.15, -0.1) is 5.10 Å². The molecule has 0 saturated carbocycles. The number of nitroso groups, excluding NO2 is 1. The molecule has 0 amide bonds. The SMILES string of the molecule is O=NC1CCN(c2cc(F)ccc2-n2nnc3ccccc32)CC1. The third-order valence-corrected chi connectivity index (χ3v) is 4.47. The summed E-state index contributed by atoms with van der Waals surface area (Å²) in [4.78, 5) is 12.8. The molecule has 1 aliphatic rings. The van der Waals surface area contributed by atoms with Crippen LogP contribution >= 0.6 is 0 Å². The van der Waals surface area contributed by atoms with Gasteiger partial charge in [-0.2, -0.15) is 4.91 Å². The Morgan fingerprint density at radius 3 is 2.67 bits per heavy atom. The van der Waals surface area contributed by atoms with Crippen LogP contribution in [0.25, 0.3) is 16.7 Å². The highest BCUT2D eigenvalue weighted by atomic mass is 19.1. The first kappa shape index (κ1) is 14.7. The molecule has 1 fully saturated rings. The normalized spacial score (nSPS) is 15.8. The number of hydrogen-bond donors (Lipinski definition) is 0. The highest BCUT2D eigenvalue weighted by Crippen LogP contribution is 2.30. The fourth-order valence-corrected chi connectivity index (χ4v) is 3.19. The van der Waals surface area contributed by atoms with Gasteiger partial charge in [0, 0.05) is 13.1 Å². The van der Waals surface area contributed by atoms with Crippen LogP contribution in [0.3, 0.4) is 0 Å². The van der Waals surface area contributed by atoms with Crippen LogP contribution < -0.4 is 4.90 Å². The second-order valence-electron chi connectivity index (χ2n) is 5.95. The Bertz CT molecular complexity index is 886. The number of aromatic nitrogens is 3. The van der Waals surface area contributed by atoms with Crippen molar-refractivity contribution >= 4 is 16.7 Å². The highest BCUT2D eigenvalue weighted by molar-refractivity contribution is 5.78. The van der Waals surface area contributed by atoms with E-state index in [1.54, 1.807) is 10.7 Å². The molecular weight excluding hydrogens is 309 g/mol. The van der Waals surface area contributed by atoms with Gasteiger partial charge in [-0.3, -0.25) is 0 Å². The monoisotopic (exact) mass is 325 g/mol. The van der Waals surface area contributed by atoms with Gasteiger partial charge in [-0.25, -0.2) is 9.07 Å². The third-order valence-electron chi connectivity index (χ3n) is 4.47. The smallest absolute Gasteiger partial charge is 0.125 e. The van der Waals surface area contributed by atoms with Gasteiger partial charge in [-0.1, -0.05) is 22.5 Å². The Hall–Kier alpha value is -2.83. The summed E-state index contributed by atoms with van der Waals surface area (Å²) in [5.41, 5.74) is 3.20. The summed E-state index contributed by atoms with van der Waals surface area (Å²) in [6.07, 6.45) is 1.36. The molecule has 1 aliphatic heterocycles. The van der Waals surface area contributed by atoms with Crippen molar-refractivity contribution in [3.63, 3.8) is 0 Å². The maximum absolute atomic E-state index is 13.9. The topological polar surface area (TPSA) is 63.4 Å². The zero-order chi connectivity index (χ0) is 16.5. The number of halogens is 1. The van der Waals surface area contributed by atoms with E-state index in [4.69, 9.17) is 0 Å². The third kappa shape index (κ3) is 2.51. The van der Waals surface area contributed by atoms with Crippen molar-refractivity contribution in [3.8, 4) is 5.69 Å². The van der Waals surface area contributed by atoms with Crippen molar-refractivity contribution in [1.29, 1.82) is 0 Å².